The molecule has 0 N–H and O–H groups in total. The van der Waals surface area contributed by atoms with Crippen molar-refractivity contribution < 1.29 is 0 Å². The lowest BCUT2D eigenvalue weighted by Crippen LogP contribution is -2.00. The van der Waals surface area contributed by atoms with Crippen molar-refractivity contribution in [3.8, 4) is 0 Å². The van der Waals surface area contributed by atoms with Crippen LogP contribution in [0.2, 0.25) is 0 Å². The summed E-state index contributed by atoms with van der Waals surface area (Å²) in [6.45, 7) is 4.64. The average Bonchev–Trinajstić information content (AvgIpc) is 2.16. The molecule has 0 aromatic heterocycles. The molecule has 78 valence electrons. The van der Waals surface area contributed by atoms with Crippen molar-refractivity contribution >= 4 is 45.1 Å². The molecule has 1 heterocycles. The minimum atomic E-state index is 0.776. The molecule has 0 bridgehead atoms. The summed E-state index contributed by atoms with van der Waals surface area (Å²) in [4.78, 5) is 0. The van der Waals surface area contributed by atoms with E-state index in [0.717, 1.165) is 9.16 Å². The molecule has 0 aromatic rings. The van der Waals surface area contributed by atoms with Crippen LogP contribution >= 0.6 is 45.1 Å². The summed E-state index contributed by atoms with van der Waals surface area (Å²) >= 11 is 4.28. The summed E-state index contributed by atoms with van der Waals surface area (Å²) in [6.07, 6.45) is 4.12. The molecule has 1 aliphatic heterocycles. The molecule has 2 atom stereocenters. The molecule has 1 rings (SSSR count). The van der Waals surface area contributed by atoms with Crippen molar-refractivity contribution in [1.29, 1.82) is 0 Å². The highest BCUT2D eigenvalue weighted by atomic mass is 33.1. The first-order valence-electron chi connectivity index (χ1n) is 4.88. The van der Waals surface area contributed by atoms with E-state index in [9.17, 15) is 0 Å². The van der Waals surface area contributed by atoms with Crippen LogP contribution in [0.5, 0.6) is 0 Å². The van der Waals surface area contributed by atoms with Crippen molar-refractivity contribution in [3.05, 3.63) is 0 Å². The van der Waals surface area contributed by atoms with Crippen LogP contribution in [0, 0.1) is 0 Å². The third kappa shape index (κ3) is 5.75. The second-order valence-electron chi connectivity index (χ2n) is 3.05. The quantitative estimate of drug-likeness (QED) is 0.621. The van der Waals surface area contributed by atoms with Gasteiger partial charge in [-0.1, -0.05) is 28.5 Å². The van der Waals surface area contributed by atoms with Crippen LogP contribution in [0.3, 0.4) is 0 Å². The zero-order chi connectivity index (χ0) is 9.52. The number of thioether (sulfide) groups is 2. The second kappa shape index (κ2) is 7.66. The monoisotopic (exact) mass is 254 g/mol. The van der Waals surface area contributed by atoms with Gasteiger partial charge in [0.05, 0.1) is 9.16 Å². The van der Waals surface area contributed by atoms with Gasteiger partial charge >= 0.3 is 0 Å². The highest BCUT2D eigenvalue weighted by Gasteiger charge is 2.12. The second-order valence-corrected chi connectivity index (χ2v) is 9.22. The lowest BCUT2D eigenvalue weighted by atomic mass is 10.4. The van der Waals surface area contributed by atoms with Crippen molar-refractivity contribution in [1.82, 2.24) is 0 Å². The zero-order valence-electron chi connectivity index (χ0n) is 8.32. The molecular formula is C9H18S4. The Kier molecular flexibility index (Phi) is 7.35. The smallest absolute Gasteiger partial charge is 0.0603 e. The molecule has 0 amide bonds. The molecule has 1 saturated heterocycles. The van der Waals surface area contributed by atoms with Crippen LogP contribution in [0.15, 0.2) is 0 Å². The SMILES string of the molecule is CCC1SCCCCSC(C)SS1. The predicted octanol–water partition coefficient (Wildman–Crippen LogP) is 4.71. The maximum Gasteiger partial charge on any atom is 0.0603 e. The first kappa shape index (κ1) is 12.5. The van der Waals surface area contributed by atoms with Crippen LogP contribution in [0.1, 0.15) is 33.1 Å². The number of hydrogen-bond acceptors (Lipinski definition) is 4. The Morgan fingerprint density at radius 1 is 1.08 bits per heavy atom. The molecular weight excluding hydrogens is 236 g/mol. The maximum atomic E-state index is 2.33. The van der Waals surface area contributed by atoms with Gasteiger partial charge in [-0.3, -0.25) is 0 Å². The van der Waals surface area contributed by atoms with Gasteiger partial charge in [-0.25, -0.2) is 0 Å². The molecule has 0 spiro atoms. The number of hydrogen-bond donors (Lipinski definition) is 0. The summed E-state index contributed by atoms with van der Waals surface area (Å²) in [5.74, 6) is 2.72. The molecule has 0 saturated carbocycles. The summed E-state index contributed by atoms with van der Waals surface area (Å²) in [7, 11) is 4.15. The average molecular weight is 255 g/mol. The van der Waals surface area contributed by atoms with E-state index in [1.54, 1.807) is 0 Å². The first-order valence-corrected chi connectivity index (χ1v) is 9.25. The van der Waals surface area contributed by atoms with Gasteiger partial charge in [-0.05, 0) is 37.7 Å². The van der Waals surface area contributed by atoms with Gasteiger partial charge in [0.15, 0.2) is 0 Å². The normalized spacial score (nSPS) is 32.8. The Hall–Kier alpha value is 1.40. The Bertz CT molecular complexity index is 129. The van der Waals surface area contributed by atoms with E-state index in [1.165, 1.54) is 30.8 Å². The highest BCUT2D eigenvalue weighted by molar-refractivity contribution is 8.80. The minimum Gasteiger partial charge on any atom is -0.147 e. The van der Waals surface area contributed by atoms with Gasteiger partial charge in [0, 0.05) is 0 Å². The Morgan fingerprint density at radius 2 is 1.77 bits per heavy atom. The molecule has 2 unspecified atom stereocenters. The summed E-state index contributed by atoms with van der Waals surface area (Å²) in [6, 6.07) is 0. The Morgan fingerprint density at radius 3 is 2.46 bits per heavy atom. The third-order valence-electron chi connectivity index (χ3n) is 1.83. The third-order valence-corrected chi connectivity index (χ3v) is 9.00. The van der Waals surface area contributed by atoms with Crippen LogP contribution in [0.25, 0.3) is 0 Å². The predicted molar refractivity (Wildman–Crippen MR) is 72.9 cm³/mol. The van der Waals surface area contributed by atoms with Gasteiger partial charge in [-0.15, -0.1) is 23.5 Å². The topological polar surface area (TPSA) is 0 Å². The molecule has 1 fully saturated rings. The van der Waals surface area contributed by atoms with Gasteiger partial charge in [0.1, 0.15) is 0 Å². The highest BCUT2D eigenvalue weighted by Crippen LogP contribution is 2.42. The molecule has 0 aliphatic carbocycles. The largest absolute Gasteiger partial charge is 0.147 e. The maximum absolute atomic E-state index is 2.33. The van der Waals surface area contributed by atoms with E-state index < -0.39 is 0 Å². The molecule has 0 aromatic carbocycles. The minimum absolute atomic E-state index is 0.776. The van der Waals surface area contributed by atoms with Gasteiger partial charge in [0.25, 0.3) is 0 Å². The van der Waals surface area contributed by atoms with Crippen LogP contribution < -0.4 is 0 Å². The van der Waals surface area contributed by atoms with E-state index in [-0.39, 0.29) is 0 Å². The first-order chi connectivity index (χ1) is 6.33. The standard InChI is InChI=1S/C9H18S4/c1-3-9-11-7-5-4-6-10-8(2)12-13-9/h8-9H,3-7H2,1-2H3. The van der Waals surface area contributed by atoms with Crippen LogP contribution in [-0.2, 0) is 0 Å². The lowest BCUT2D eigenvalue weighted by molar-refractivity contribution is 0.903. The van der Waals surface area contributed by atoms with E-state index in [4.69, 9.17) is 0 Å². The molecule has 0 nitrogen and oxygen atoms in total. The molecule has 1 aliphatic rings. The van der Waals surface area contributed by atoms with Crippen LogP contribution in [0.4, 0.5) is 0 Å². The van der Waals surface area contributed by atoms with Gasteiger partial charge in [0.2, 0.25) is 0 Å². The fourth-order valence-electron chi connectivity index (χ4n) is 1.05. The number of rotatable bonds is 1. The fourth-order valence-corrected chi connectivity index (χ4v) is 7.13. The molecule has 0 radical (unpaired) electrons. The lowest BCUT2D eigenvalue weighted by Gasteiger charge is -2.18. The zero-order valence-corrected chi connectivity index (χ0v) is 11.6. The van der Waals surface area contributed by atoms with E-state index in [2.05, 4.69) is 59.0 Å². The van der Waals surface area contributed by atoms with Crippen molar-refractivity contribution in [2.45, 2.75) is 42.3 Å². The summed E-state index contributed by atoms with van der Waals surface area (Å²) < 4.78 is 1.60. The fraction of sp³-hybridized carbons (Fsp3) is 1.00. The van der Waals surface area contributed by atoms with Crippen LogP contribution in [-0.4, -0.2) is 20.7 Å². The van der Waals surface area contributed by atoms with E-state index in [0.29, 0.717) is 0 Å². The van der Waals surface area contributed by atoms with Crippen molar-refractivity contribution in [2.75, 3.05) is 11.5 Å². The molecule has 4 heteroatoms. The van der Waals surface area contributed by atoms with Gasteiger partial charge < -0.3 is 0 Å². The van der Waals surface area contributed by atoms with Gasteiger partial charge in [-0.2, -0.15) is 0 Å². The van der Waals surface area contributed by atoms with E-state index >= 15 is 0 Å². The summed E-state index contributed by atoms with van der Waals surface area (Å²) in [5.41, 5.74) is 0. The Balaban J connectivity index is 2.27. The van der Waals surface area contributed by atoms with Crippen molar-refractivity contribution in [3.63, 3.8) is 0 Å². The van der Waals surface area contributed by atoms with E-state index in [1.807, 2.05) is 0 Å². The summed E-state index contributed by atoms with van der Waals surface area (Å²) in [5, 5.41) is 0. The Labute approximate surface area is 98.5 Å². The van der Waals surface area contributed by atoms with Crippen molar-refractivity contribution in [2.24, 2.45) is 0 Å². The molecule has 13 heavy (non-hydrogen) atoms.